The van der Waals surface area contributed by atoms with Crippen molar-refractivity contribution < 1.29 is 18.8 Å². The second-order valence-electron chi connectivity index (χ2n) is 5.52. The van der Waals surface area contributed by atoms with E-state index in [1.54, 1.807) is 6.92 Å². The molecule has 2 aromatic rings. The minimum absolute atomic E-state index is 0.0288. The summed E-state index contributed by atoms with van der Waals surface area (Å²) in [6, 6.07) is 4.14. The van der Waals surface area contributed by atoms with Gasteiger partial charge in [0.15, 0.2) is 0 Å². The number of aromatic nitrogens is 1. The molecule has 2 N–H and O–H groups in total. The second-order valence-corrected chi connectivity index (χ2v) is 5.88. The highest BCUT2D eigenvalue weighted by Gasteiger charge is 2.29. The van der Waals surface area contributed by atoms with Gasteiger partial charge in [-0.25, -0.2) is 4.39 Å². The van der Waals surface area contributed by atoms with Gasteiger partial charge in [0.05, 0.1) is 11.3 Å². The van der Waals surface area contributed by atoms with Gasteiger partial charge >= 0.3 is 0 Å². The van der Waals surface area contributed by atoms with Crippen LogP contribution in [0, 0.1) is 19.7 Å². The largest absolute Gasteiger partial charge is 0.352 e. The van der Waals surface area contributed by atoms with Crippen LogP contribution >= 0.6 is 11.6 Å². The molecule has 2 amide bonds. The Bertz CT molecular complexity index is 890. The first-order valence-corrected chi connectivity index (χ1v) is 7.75. The predicted octanol–water partition coefficient (Wildman–Crippen LogP) is 2.62. The van der Waals surface area contributed by atoms with Crippen LogP contribution in [0.2, 0.25) is 5.15 Å². The molecule has 0 spiro atoms. The van der Waals surface area contributed by atoms with Gasteiger partial charge in [-0.15, -0.1) is 0 Å². The summed E-state index contributed by atoms with van der Waals surface area (Å²) < 4.78 is 14.6. The summed E-state index contributed by atoms with van der Waals surface area (Å²) in [6.07, 6.45) is 0. The van der Waals surface area contributed by atoms with Crippen LogP contribution < -0.4 is 10.6 Å². The molecule has 0 aliphatic carbocycles. The highest BCUT2D eigenvalue weighted by Crippen LogP contribution is 2.27. The molecule has 25 heavy (non-hydrogen) atoms. The lowest BCUT2D eigenvalue weighted by molar-refractivity contribution is -0.116. The molecule has 0 fully saturated rings. The molecule has 1 aromatic heterocycles. The number of nitrogens with zero attached hydrogens (tertiary/aromatic N) is 1. The Morgan fingerprint density at radius 3 is 2.40 bits per heavy atom. The number of likely N-dealkylation sites (N-methyl/N-ethyl adjacent to an activating group) is 1. The molecule has 2 rings (SSSR count). The average molecular weight is 366 g/mol. The van der Waals surface area contributed by atoms with E-state index in [4.69, 9.17) is 11.6 Å². The normalized spacial score (nSPS) is 10.5. The number of halogens is 2. The van der Waals surface area contributed by atoms with Crippen molar-refractivity contribution in [2.75, 3.05) is 12.4 Å². The van der Waals surface area contributed by atoms with E-state index in [1.807, 2.05) is 0 Å². The summed E-state index contributed by atoms with van der Waals surface area (Å²) in [6.45, 7) is 3.11. The molecule has 6 nitrogen and oxygen atoms in total. The van der Waals surface area contributed by atoms with Crippen molar-refractivity contribution in [3.8, 4) is 0 Å². The third-order valence-electron chi connectivity index (χ3n) is 3.86. The number of carbonyl (C=O) groups is 3. The molecule has 0 atom stereocenters. The topological polar surface area (TPSA) is 80.2 Å². The fraction of sp³-hybridized carbons (Fsp3) is 0.235. The van der Waals surface area contributed by atoms with Gasteiger partial charge in [0, 0.05) is 19.8 Å². The summed E-state index contributed by atoms with van der Waals surface area (Å²) >= 11 is 6.19. The second kappa shape index (κ2) is 7.06. The molecule has 0 radical (unpaired) electrons. The van der Waals surface area contributed by atoms with Crippen LogP contribution in [0.1, 0.15) is 32.0 Å². The summed E-state index contributed by atoms with van der Waals surface area (Å²) in [5.74, 6) is -2.53. The number of hydrogen-bond acceptors (Lipinski definition) is 3. The third-order valence-corrected chi connectivity index (χ3v) is 4.30. The quantitative estimate of drug-likeness (QED) is 0.645. The Morgan fingerprint density at radius 1 is 1.20 bits per heavy atom. The monoisotopic (exact) mass is 365 g/mol. The van der Waals surface area contributed by atoms with Gasteiger partial charge in [0.2, 0.25) is 0 Å². The Hall–Kier alpha value is -2.67. The lowest BCUT2D eigenvalue weighted by Gasteiger charge is -2.07. The first-order chi connectivity index (χ1) is 11.7. The maximum atomic E-state index is 13.3. The number of hydrogen-bond donors (Lipinski definition) is 2. The fourth-order valence-electron chi connectivity index (χ4n) is 2.51. The van der Waals surface area contributed by atoms with Crippen molar-refractivity contribution in [3.05, 3.63) is 51.6 Å². The van der Waals surface area contributed by atoms with Crippen LogP contribution in [-0.4, -0.2) is 29.2 Å². The maximum Gasteiger partial charge on any atom is 0.293 e. The zero-order chi connectivity index (χ0) is 18.9. The molecule has 0 aliphatic rings. The standard InChI is InChI=1S/C17H17ClFN3O3/c1-8-7-10(5-6-11(8)19)21-16(24)12-9(2)13(22(4)15(12)18)14(23)17(25)20-3/h5-7H,1-4H3,(H,20,25)(H,21,24). The molecule has 0 saturated carbocycles. The van der Waals surface area contributed by atoms with Gasteiger partial charge < -0.3 is 15.2 Å². The number of anilines is 1. The van der Waals surface area contributed by atoms with Crippen molar-refractivity contribution in [1.29, 1.82) is 0 Å². The molecular weight excluding hydrogens is 349 g/mol. The zero-order valence-corrected chi connectivity index (χ0v) is 14.9. The SMILES string of the molecule is CNC(=O)C(=O)c1c(C)c(C(=O)Nc2ccc(F)c(C)c2)c(Cl)n1C. The van der Waals surface area contributed by atoms with E-state index >= 15 is 0 Å². The first-order valence-electron chi connectivity index (χ1n) is 7.37. The molecule has 8 heteroatoms. The van der Waals surface area contributed by atoms with Crippen LogP contribution in [-0.2, 0) is 11.8 Å². The molecule has 1 aromatic carbocycles. The number of benzene rings is 1. The van der Waals surface area contributed by atoms with Crippen LogP contribution in [0.15, 0.2) is 18.2 Å². The van der Waals surface area contributed by atoms with Crippen molar-refractivity contribution in [2.24, 2.45) is 7.05 Å². The smallest absolute Gasteiger partial charge is 0.293 e. The van der Waals surface area contributed by atoms with Gasteiger partial charge in [-0.05, 0) is 43.2 Å². The van der Waals surface area contributed by atoms with E-state index in [9.17, 15) is 18.8 Å². The van der Waals surface area contributed by atoms with E-state index in [0.717, 1.165) is 0 Å². The molecule has 0 aliphatic heterocycles. The van der Waals surface area contributed by atoms with Crippen LogP contribution in [0.4, 0.5) is 10.1 Å². The van der Waals surface area contributed by atoms with E-state index in [1.165, 1.54) is 43.8 Å². The summed E-state index contributed by atoms with van der Waals surface area (Å²) in [5.41, 5.74) is 1.17. The van der Waals surface area contributed by atoms with Gasteiger partial charge in [-0.2, -0.15) is 0 Å². The van der Waals surface area contributed by atoms with Crippen molar-refractivity contribution in [2.45, 2.75) is 13.8 Å². The number of amides is 2. The van der Waals surface area contributed by atoms with E-state index in [-0.39, 0.29) is 27.8 Å². The van der Waals surface area contributed by atoms with E-state index < -0.39 is 17.6 Å². The van der Waals surface area contributed by atoms with Crippen LogP contribution in [0.25, 0.3) is 0 Å². The Kier molecular flexibility index (Phi) is 5.27. The van der Waals surface area contributed by atoms with Gasteiger partial charge in [-0.1, -0.05) is 11.6 Å². The number of nitrogens with one attached hydrogen (secondary N) is 2. The summed E-state index contributed by atoms with van der Waals surface area (Å²) in [4.78, 5) is 36.4. The number of ketones is 1. The van der Waals surface area contributed by atoms with Crippen molar-refractivity contribution in [1.82, 2.24) is 9.88 Å². The summed E-state index contributed by atoms with van der Waals surface area (Å²) in [5, 5.41) is 4.89. The first kappa shape index (κ1) is 18.7. The van der Waals surface area contributed by atoms with E-state index in [2.05, 4.69) is 10.6 Å². The van der Waals surface area contributed by atoms with Crippen LogP contribution in [0.3, 0.4) is 0 Å². The molecular formula is C17H17ClFN3O3. The van der Waals surface area contributed by atoms with E-state index in [0.29, 0.717) is 11.3 Å². The predicted molar refractivity (Wildman–Crippen MR) is 92.6 cm³/mol. The minimum Gasteiger partial charge on any atom is -0.352 e. The van der Waals surface area contributed by atoms with Crippen LogP contribution in [0.5, 0.6) is 0 Å². The van der Waals surface area contributed by atoms with Gasteiger partial charge in [-0.3, -0.25) is 14.4 Å². The Balaban J connectivity index is 2.42. The Morgan fingerprint density at radius 2 is 1.84 bits per heavy atom. The molecule has 132 valence electrons. The minimum atomic E-state index is -0.804. The average Bonchev–Trinajstić information content (AvgIpc) is 2.79. The highest BCUT2D eigenvalue weighted by atomic mass is 35.5. The van der Waals surface area contributed by atoms with Gasteiger partial charge in [0.1, 0.15) is 11.0 Å². The molecule has 1 heterocycles. The van der Waals surface area contributed by atoms with Crippen molar-refractivity contribution in [3.63, 3.8) is 0 Å². The highest BCUT2D eigenvalue weighted by molar-refractivity contribution is 6.44. The molecule has 0 bridgehead atoms. The van der Waals surface area contributed by atoms with Crippen molar-refractivity contribution >= 4 is 34.9 Å². The number of rotatable bonds is 4. The lowest BCUT2D eigenvalue weighted by atomic mass is 10.1. The number of aryl methyl sites for hydroxylation is 1. The maximum absolute atomic E-state index is 13.3. The lowest BCUT2D eigenvalue weighted by Crippen LogP contribution is -2.29. The Labute approximate surface area is 149 Å². The summed E-state index contributed by atoms with van der Waals surface area (Å²) in [7, 11) is 2.83. The molecule has 0 unspecified atom stereocenters. The van der Waals surface area contributed by atoms with Gasteiger partial charge in [0.25, 0.3) is 17.6 Å². The molecule has 0 saturated heterocycles. The fourth-order valence-corrected chi connectivity index (χ4v) is 2.83. The number of carbonyl (C=O) groups excluding carboxylic acids is 3. The zero-order valence-electron chi connectivity index (χ0n) is 14.2. The third kappa shape index (κ3) is 3.41. The number of Topliss-reactive ketones (excluding diaryl/α,β-unsaturated/α-hetero) is 1.